The Balaban J connectivity index is 1.48. The molecule has 1 amide bonds. The second kappa shape index (κ2) is 10.8. The minimum Gasteiger partial charge on any atom is -0.488 e. The van der Waals surface area contributed by atoms with E-state index in [0.717, 1.165) is 59.2 Å². The van der Waals surface area contributed by atoms with E-state index < -0.39 is 6.09 Å². The summed E-state index contributed by atoms with van der Waals surface area (Å²) in [7, 11) is 4.00. The van der Waals surface area contributed by atoms with Crippen molar-refractivity contribution in [3.8, 4) is 5.75 Å². The number of ether oxygens (including phenoxy) is 1. The molecular formula is C25H29Cl2N3O4. The van der Waals surface area contributed by atoms with Gasteiger partial charge < -0.3 is 24.2 Å². The number of fused-ring (bicyclic) bond motifs is 1. The van der Waals surface area contributed by atoms with Crippen molar-refractivity contribution in [2.75, 3.05) is 27.2 Å². The van der Waals surface area contributed by atoms with Crippen molar-refractivity contribution in [1.82, 2.24) is 15.0 Å². The third-order valence-corrected chi connectivity index (χ3v) is 7.04. The van der Waals surface area contributed by atoms with E-state index in [-0.39, 0.29) is 0 Å². The molecule has 4 rings (SSSR count). The van der Waals surface area contributed by atoms with E-state index in [4.69, 9.17) is 37.6 Å². The lowest BCUT2D eigenvalue weighted by Crippen LogP contribution is -2.37. The van der Waals surface area contributed by atoms with Crippen LogP contribution in [0, 0.1) is 5.92 Å². The molecule has 7 nitrogen and oxygen atoms in total. The molecule has 1 N–H and O–H groups in total. The number of carboxylic acid groups (broad SMARTS) is 1. The molecule has 9 heteroatoms. The first-order valence-corrected chi connectivity index (χ1v) is 12.2. The van der Waals surface area contributed by atoms with E-state index in [1.807, 2.05) is 38.4 Å². The standard InChI is InChI=1S/C25H29Cl2N3O4/c1-29(2)14-19-23(33-15-17-3-6-20(26)21(27)13-17)8-5-18-22(28-34-24(18)19)7-4-16-9-11-30(12-10-16)25(31)32/h3,5-6,8,13,16H,4,7,9-12,14-15H2,1-2H3,(H,31,32). The van der Waals surface area contributed by atoms with Gasteiger partial charge in [0.05, 0.1) is 21.3 Å². The van der Waals surface area contributed by atoms with Gasteiger partial charge in [-0.25, -0.2) is 4.79 Å². The lowest BCUT2D eigenvalue weighted by molar-refractivity contribution is 0.123. The largest absolute Gasteiger partial charge is 0.488 e. The fourth-order valence-electron chi connectivity index (χ4n) is 4.42. The van der Waals surface area contributed by atoms with Crippen LogP contribution in [0.2, 0.25) is 10.0 Å². The van der Waals surface area contributed by atoms with Gasteiger partial charge in [0.1, 0.15) is 12.4 Å². The van der Waals surface area contributed by atoms with Gasteiger partial charge in [0.15, 0.2) is 5.58 Å². The van der Waals surface area contributed by atoms with Crippen molar-refractivity contribution in [2.45, 2.75) is 38.8 Å². The molecule has 0 bridgehead atoms. The summed E-state index contributed by atoms with van der Waals surface area (Å²) in [6, 6.07) is 9.45. The molecule has 0 atom stereocenters. The lowest BCUT2D eigenvalue weighted by Gasteiger charge is -2.29. The number of nitrogens with zero attached hydrogens (tertiary/aromatic N) is 3. The van der Waals surface area contributed by atoms with E-state index in [2.05, 4.69) is 10.1 Å². The number of aryl methyl sites for hydroxylation is 1. The highest BCUT2D eigenvalue weighted by molar-refractivity contribution is 6.42. The van der Waals surface area contributed by atoms with Crippen LogP contribution in [0.4, 0.5) is 4.79 Å². The molecule has 1 saturated heterocycles. The summed E-state index contributed by atoms with van der Waals surface area (Å²) in [6.45, 7) is 2.22. The monoisotopic (exact) mass is 505 g/mol. The maximum Gasteiger partial charge on any atom is 0.407 e. The third kappa shape index (κ3) is 5.77. The topological polar surface area (TPSA) is 79.0 Å². The van der Waals surface area contributed by atoms with Crippen LogP contribution < -0.4 is 4.74 Å². The summed E-state index contributed by atoms with van der Waals surface area (Å²) in [5.74, 6) is 1.24. The highest BCUT2D eigenvalue weighted by Crippen LogP contribution is 2.33. The molecule has 182 valence electrons. The molecule has 0 aliphatic carbocycles. The van der Waals surface area contributed by atoms with Crippen LogP contribution in [0.5, 0.6) is 5.75 Å². The molecule has 0 unspecified atom stereocenters. The number of hydrogen-bond donors (Lipinski definition) is 1. The Morgan fingerprint density at radius 2 is 1.97 bits per heavy atom. The third-order valence-electron chi connectivity index (χ3n) is 6.30. The Morgan fingerprint density at radius 3 is 2.65 bits per heavy atom. The molecular weight excluding hydrogens is 477 g/mol. The maximum atomic E-state index is 11.1. The number of amides is 1. The van der Waals surface area contributed by atoms with Gasteiger partial charge in [-0.1, -0.05) is 34.4 Å². The highest BCUT2D eigenvalue weighted by atomic mass is 35.5. The van der Waals surface area contributed by atoms with E-state index in [9.17, 15) is 4.79 Å². The predicted molar refractivity (Wildman–Crippen MR) is 133 cm³/mol. The molecule has 34 heavy (non-hydrogen) atoms. The summed E-state index contributed by atoms with van der Waals surface area (Å²) in [4.78, 5) is 14.7. The van der Waals surface area contributed by atoms with Crippen LogP contribution in [0.1, 0.15) is 36.1 Å². The van der Waals surface area contributed by atoms with Crippen LogP contribution in [-0.2, 0) is 19.6 Å². The molecule has 3 aromatic rings. The number of rotatable bonds is 8. The SMILES string of the molecule is CN(C)Cc1c(OCc2ccc(Cl)c(Cl)c2)ccc2c(CCC3CCN(C(=O)O)CC3)noc12. The number of piperidine rings is 1. The van der Waals surface area contributed by atoms with Crippen LogP contribution in [-0.4, -0.2) is 53.3 Å². The fraction of sp³-hybridized carbons (Fsp3) is 0.440. The van der Waals surface area contributed by atoms with Crippen LogP contribution in [0.25, 0.3) is 11.0 Å². The Bertz CT molecular complexity index is 1160. The van der Waals surface area contributed by atoms with Gasteiger partial charge in [0.2, 0.25) is 0 Å². The van der Waals surface area contributed by atoms with Gasteiger partial charge in [-0.15, -0.1) is 0 Å². The quantitative estimate of drug-likeness (QED) is 0.398. The molecule has 0 radical (unpaired) electrons. The molecule has 0 spiro atoms. The molecule has 2 heterocycles. The van der Waals surface area contributed by atoms with Crippen molar-refractivity contribution in [3.05, 3.63) is 57.2 Å². The van der Waals surface area contributed by atoms with Crippen molar-refractivity contribution in [2.24, 2.45) is 5.92 Å². The van der Waals surface area contributed by atoms with Crippen molar-refractivity contribution < 1.29 is 19.2 Å². The van der Waals surface area contributed by atoms with E-state index in [1.165, 1.54) is 4.90 Å². The van der Waals surface area contributed by atoms with Gasteiger partial charge in [0, 0.05) is 25.0 Å². The summed E-state index contributed by atoms with van der Waals surface area (Å²) in [5, 5.41) is 15.5. The predicted octanol–water partition coefficient (Wildman–Crippen LogP) is 6.10. The average molecular weight is 506 g/mol. The van der Waals surface area contributed by atoms with Crippen LogP contribution in [0.15, 0.2) is 34.9 Å². The molecule has 0 saturated carbocycles. The Labute approximate surface area is 209 Å². The Hall–Kier alpha value is -2.48. The number of carbonyl (C=O) groups is 1. The zero-order chi connectivity index (χ0) is 24.2. The average Bonchev–Trinajstić information content (AvgIpc) is 3.22. The number of aromatic nitrogens is 1. The Kier molecular flexibility index (Phi) is 7.86. The van der Waals surface area contributed by atoms with Crippen molar-refractivity contribution >= 4 is 40.3 Å². The number of hydrogen-bond acceptors (Lipinski definition) is 5. The van der Waals surface area contributed by atoms with Gasteiger partial charge in [0.25, 0.3) is 0 Å². The van der Waals surface area contributed by atoms with Gasteiger partial charge >= 0.3 is 6.09 Å². The number of likely N-dealkylation sites (tertiary alicyclic amines) is 1. The van der Waals surface area contributed by atoms with Gasteiger partial charge in [-0.3, -0.25) is 0 Å². The smallest absolute Gasteiger partial charge is 0.407 e. The molecule has 1 aromatic heterocycles. The number of benzene rings is 2. The summed E-state index contributed by atoms with van der Waals surface area (Å²) in [5.41, 5.74) is 3.57. The minimum absolute atomic E-state index is 0.360. The highest BCUT2D eigenvalue weighted by Gasteiger charge is 2.23. The zero-order valence-electron chi connectivity index (χ0n) is 19.4. The van der Waals surface area contributed by atoms with E-state index >= 15 is 0 Å². The van der Waals surface area contributed by atoms with E-state index in [1.54, 1.807) is 6.07 Å². The summed E-state index contributed by atoms with van der Waals surface area (Å²) in [6.07, 6.45) is 2.72. The molecule has 1 aliphatic heterocycles. The first-order chi connectivity index (χ1) is 16.3. The fourth-order valence-corrected chi connectivity index (χ4v) is 4.74. The first-order valence-electron chi connectivity index (χ1n) is 11.4. The molecule has 1 aliphatic rings. The van der Waals surface area contributed by atoms with Gasteiger partial charge in [-0.2, -0.15) is 0 Å². The Morgan fingerprint density at radius 1 is 1.21 bits per heavy atom. The van der Waals surface area contributed by atoms with E-state index in [0.29, 0.717) is 42.2 Å². The summed E-state index contributed by atoms with van der Waals surface area (Å²) < 4.78 is 12.0. The number of halogens is 2. The normalized spacial score (nSPS) is 14.8. The first kappa shape index (κ1) is 24.6. The second-order valence-electron chi connectivity index (χ2n) is 9.07. The molecule has 2 aromatic carbocycles. The lowest BCUT2D eigenvalue weighted by atomic mass is 9.91. The second-order valence-corrected chi connectivity index (χ2v) is 9.89. The van der Waals surface area contributed by atoms with Crippen molar-refractivity contribution in [1.29, 1.82) is 0 Å². The van der Waals surface area contributed by atoms with Crippen LogP contribution >= 0.6 is 23.2 Å². The minimum atomic E-state index is -0.827. The maximum absolute atomic E-state index is 11.1. The van der Waals surface area contributed by atoms with Crippen LogP contribution in [0.3, 0.4) is 0 Å². The molecule has 1 fully saturated rings. The zero-order valence-corrected chi connectivity index (χ0v) is 20.9. The van der Waals surface area contributed by atoms with Gasteiger partial charge in [-0.05, 0) is 75.5 Å². The summed E-state index contributed by atoms with van der Waals surface area (Å²) >= 11 is 12.2. The van der Waals surface area contributed by atoms with Crippen molar-refractivity contribution in [3.63, 3.8) is 0 Å².